The van der Waals surface area contributed by atoms with Gasteiger partial charge in [-0.1, -0.05) is 0 Å². The van der Waals surface area contributed by atoms with Gasteiger partial charge in [0.15, 0.2) is 6.61 Å². The van der Waals surface area contributed by atoms with Crippen LogP contribution in [-0.4, -0.2) is 71.9 Å². The number of aryl methyl sites for hydroxylation is 2. The SMILES string of the molecule is Cc1cc(C)n(C(=O)c2ccc3c(c2)N(CC(=O)N2CCOCC2)C(=O)CO3)n1. The van der Waals surface area contributed by atoms with Crippen LogP contribution >= 0.6 is 0 Å². The van der Waals surface area contributed by atoms with E-state index in [0.717, 1.165) is 11.4 Å². The first-order chi connectivity index (χ1) is 13.9. The fourth-order valence-corrected chi connectivity index (χ4v) is 3.51. The molecular weight excluding hydrogens is 376 g/mol. The van der Waals surface area contributed by atoms with Crippen LogP contribution in [0, 0.1) is 13.8 Å². The third kappa shape index (κ3) is 3.73. The van der Waals surface area contributed by atoms with Crippen LogP contribution in [0.3, 0.4) is 0 Å². The second-order valence-electron chi connectivity index (χ2n) is 7.09. The summed E-state index contributed by atoms with van der Waals surface area (Å²) in [5.74, 6) is -0.334. The first kappa shape index (κ1) is 19.1. The van der Waals surface area contributed by atoms with Gasteiger partial charge in [0.1, 0.15) is 12.3 Å². The standard InChI is InChI=1S/C20H22N4O5/c1-13-9-14(2)24(21-13)20(27)15-3-4-17-16(10-15)23(19(26)12-29-17)11-18(25)22-5-7-28-8-6-22/h3-4,9-10H,5-8,11-12H2,1-2H3. The third-order valence-corrected chi connectivity index (χ3v) is 5.01. The molecule has 0 unspecified atom stereocenters. The number of carbonyl (C=O) groups excluding carboxylic acids is 3. The maximum Gasteiger partial charge on any atom is 0.278 e. The maximum atomic E-state index is 12.9. The molecule has 9 heteroatoms. The lowest BCUT2D eigenvalue weighted by Gasteiger charge is -2.32. The molecule has 0 spiro atoms. The van der Waals surface area contributed by atoms with Gasteiger partial charge in [0.2, 0.25) is 5.91 Å². The summed E-state index contributed by atoms with van der Waals surface area (Å²) in [6, 6.07) is 6.68. The molecule has 1 aromatic heterocycles. The van der Waals surface area contributed by atoms with Crippen LogP contribution in [0.1, 0.15) is 21.7 Å². The second-order valence-corrected chi connectivity index (χ2v) is 7.09. The molecule has 2 aliphatic rings. The third-order valence-electron chi connectivity index (χ3n) is 5.01. The summed E-state index contributed by atoms with van der Waals surface area (Å²) in [5.41, 5.74) is 2.23. The first-order valence-corrected chi connectivity index (χ1v) is 9.45. The number of ether oxygens (including phenoxy) is 2. The molecule has 1 fully saturated rings. The van der Waals surface area contributed by atoms with Crippen LogP contribution in [0.25, 0.3) is 0 Å². The van der Waals surface area contributed by atoms with Crippen molar-refractivity contribution in [1.82, 2.24) is 14.7 Å². The van der Waals surface area contributed by atoms with E-state index in [0.29, 0.717) is 43.3 Å². The van der Waals surface area contributed by atoms with Crippen LogP contribution < -0.4 is 9.64 Å². The lowest BCUT2D eigenvalue weighted by atomic mass is 10.1. The van der Waals surface area contributed by atoms with E-state index < -0.39 is 0 Å². The zero-order chi connectivity index (χ0) is 20.5. The molecule has 2 aliphatic heterocycles. The summed E-state index contributed by atoms with van der Waals surface area (Å²) >= 11 is 0. The van der Waals surface area contributed by atoms with Crippen LogP contribution in [0.4, 0.5) is 5.69 Å². The molecule has 2 amide bonds. The largest absolute Gasteiger partial charge is 0.482 e. The Morgan fingerprint density at radius 2 is 1.90 bits per heavy atom. The lowest BCUT2D eigenvalue weighted by Crippen LogP contribution is -2.49. The van der Waals surface area contributed by atoms with Gasteiger partial charge < -0.3 is 14.4 Å². The van der Waals surface area contributed by atoms with Gasteiger partial charge in [-0.25, -0.2) is 4.68 Å². The molecule has 0 atom stereocenters. The number of fused-ring (bicyclic) bond motifs is 1. The highest BCUT2D eigenvalue weighted by atomic mass is 16.5. The lowest BCUT2D eigenvalue weighted by molar-refractivity contribution is -0.135. The molecule has 1 aromatic carbocycles. The predicted molar refractivity (Wildman–Crippen MR) is 103 cm³/mol. The minimum atomic E-state index is -0.324. The molecule has 29 heavy (non-hydrogen) atoms. The number of amides is 2. The Labute approximate surface area is 167 Å². The van der Waals surface area contributed by atoms with Crippen LogP contribution in [0.15, 0.2) is 24.3 Å². The highest BCUT2D eigenvalue weighted by Crippen LogP contribution is 2.33. The van der Waals surface area contributed by atoms with Crippen molar-refractivity contribution < 1.29 is 23.9 Å². The number of benzene rings is 1. The highest BCUT2D eigenvalue weighted by Gasteiger charge is 2.30. The topological polar surface area (TPSA) is 94.0 Å². The minimum absolute atomic E-state index is 0.104. The van der Waals surface area contributed by atoms with Gasteiger partial charge in [0.25, 0.3) is 11.8 Å². The highest BCUT2D eigenvalue weighted by molar-refractivity contribution is 6.04. The Bertz CT molecular complexity index is 977. The monoisotopic (exact) mass is 398 g/mol. The van der Waals surface area contributed by atoms with Crippen molar-refractivity contribution in [2.45, 2.75) is 13.8 Å². The summed E-state index contributed by atoms with van der Waals surface area (Å²) in [6.45, 7) is 5.34. The molecule has 0 aliphatic carbocycles. The molecule has 152 valence electrons. The Kier molecular flexibility index (Phi) is 5.06. The molecule has 2 aromatic rings. The van der Waals surface area contributed by atoms with E-state index in [2.05, 4.69) is 5.10 Å². The summed E-state index contributed by atoms with van der Waals surface area (Å²) < 4.78 is 12.1. The Hall–Kier alpha value is -3.20. The predicted octanol–water partition coefficient (Wildman–Crippen LogP) is 0.773. The van der Waals surface area contributed by atoms with E-state index in [1.807, 2.05) is 13.0 Å². The Morgan fingerprint density at radius 3 is 2.59 bits per heavy atom. The number of carbonyl (C=O) groups is 3. The van der Waals surface area contributed by atoms with Crippen LogP contribution in [0.5, 0.6) is 5.75 Å². The van der Waals surface area contributed by atoms with Crippen LogP contribution in [0.2, 0.25) is 0 Å². The summed E-state index contributed by atoms with van der Waals surface area (Å²) in [7, 11) is 0. The van der Waals surface area contributed by atoms with Crippen molar-refractivity contribution in [1.29, 1.82) is 0 Å². The number of morpholine rings is 1. The average Bonchev–Trinajstić information content (AvgIpc) is 3.07. The zero-order valence-corrected chi connectivity index (χ0v) is 16.4. The van der Waals surface area contributed by atoms with E-state index in [1.165, 1.54) is 9.58 Å². The van der Waals surface area contributed by atoms with E-state index in [4.69, 9.17) is 9.47 Å². The molecule has 9 nitrogen and oxygen atoms in total. The van der Waals surface area contributed by atoms with Gasteiger partial charge in [0.05, 0.1) is 24.6 Å². The smallest absolute Gasteiger partial charge is 0.278 e. The van der Waals surface area contributed by atoms with Gasteiger partial charge in [0, 0.05) is 24.3 Å². The molecule has 0 N–H and O–H groups in total. The summed E-state index contributed by atoms with van der Waals surface area (Å²) in [4.78, 5) is 41.1. The number of hydrogen-bond acceptors (Lipinski definition) is 6. The second kappa shape index (κ2) is 7.67. The number of aromatic nitrogens is 2. The molecule has 0 saturated carbocycles. The quantitative estimate of drug-likeness (QED) is 0.758. The van der Waals surface area contributed by atoms with Crippen molar-refractivity contribution in [3.05, 3.63) is 41.2 Å². The molecule has 0 bridgehead atoms. The molecule has 4 rings (SSSR count). The van der Waals surface area contributed by atoms with Gasteiger partial charge in [-0.3, -0.25) is 19.3 Å². The van der Waals surface area contributed by atoms with E-state index >= 15 is 0 Å². The number of anilines is 1. The Balaban J connectivity index is 1.62. The van der Waals surface area contributed by atoms with E-state index in [1.54, 1.807) is 30.0 Å². The molecule has 0 radical (unpaired) electrons. The zero-order valence-electron chi connectivity index (χ0n) is 16.4. The van der Waals surface area contributed by atoms with Crippen molar-refractivity contribution in [2.75, 3.05) is 44.4 Å². The van der Waals surface area contributed by atoms with E-state index in [-0.39, 0.29) is 30.9 Å². The Morgan fingerprint density at radius 1 is 1.14 bits per heavy atom. The van der Waals surface area contributed by atoms with Crippen LogP contribution in [-0.2, 0) is 14.3 Å². The minimum Gasteiger partial charge on any atom is -0.482 e. The number of rotatable bonds is 3. The van der Waals surface area contributed by atoms with Crippen molar-refractivity contribution in [3.8, 4) is 5.75 Å². The summed E-state index contributed by atoms with van der Waals surface area (Å²) in [6.07, 6.45) is 0. The van der Waals surface area contributed by atoms with Gasteiger partial charge >= 0.3 is 0 Å². The van der Waals surface area contributed by atoms with Crippen molar-refractivity contribution >= 4 is 23.4 Å². The van der Waals surface area contributed by atoms with Crippen molar-refractivity contribution in [3.63, 3.8) is 0 Å². The number of hydrogen-bond donors (Lipinski definition) is 0. The molecule has 1 saturated heterocycles. The fourth-order valence-electron chi connectivity index (χ4n) is 3.51. The number of nitrogens with zero attached hydrogens (tertiary/aromatic N) is 4. The van der Waals surface area contributed by atoms with Crippen molar-refractivity contribution in [2.24, 2.45) is 0 Å². The normalized spacial score (nSPS) is 16.4. The first-order valence-electron chi connectivity index (χ1n) is 9.45. The molecular formula is C20H22N4O5. The van der Waals surface area contributed by atoms with Gasteiger partial charge in [-0.05, 0) is 38.1 Å². The fraction of sp³-hybridized carbons (Fsp3) is 0.400. The summed E-state index contributed by atoms with van der Waals surface area (Å²) in [5, 5.41) is 4.22. The average molecular weight is 398 g/mol. The van der Waals surface area contributed by atoms with Gasteiger partial charge in [-0.2, -0.15) is 5.10 Å². The van der Waals surface area contributed by atoms with Gasteiger partial charge in [-0.15, -0.1) is 0 Å². The maximum absolute atomic E-state index is 12.9. The van der Waals surface area contributed by atoms with E-state index in [9.17, 15) is 14.4 Å². The molecule has 3 heterocycles.